The molecule has 0 aliphatic carbocycles. The van der Waals surface area contributed by atoms with Crippen molar-refractivity contribution in [3.63, 3.8) is 0 Å². The highest BCUT2D eigenvalue weighted by atomic mass is 32.2. The Morgan fingerprint density at radius 3 is 2.58 bits per heavy atom. The van der Waals surface area contributed by atoms with Crippen LogP contribution in [0.25, 0.3) is 0 Å². The predicted molar refractivity (Wildman–Crippen MR) is 92.5 cm³/mol. The molecule has 2 rings (SSSR count). The normalized spacial score (nSPS) is 11.4. The van der Waals surface area contributed by atoms with Crippen molar-refractivity contribution in [3.05, 3.63) is 48.0 Å². The van der Waals surface area contributed by atoms with Gasteiger partial charge < -0.3 is 9.88 Å². The highest BCUT2D eigenvalue weighted by Gasteiger charge is 2.08. The number of hydrogen-bond donors (Lipinski definition) is 1. The molecule has 2 aromatic rings. The zero-order chi connectivity index (χ0) is 17.6. The van der Waals surface area contributed by atoms with Crippen LogP contribution in [0.3, 0.4) is 0 Å². The van der Waals surface area contributed by atoms with Crippen LogP contribution in [0.15, 0.2) is 41.6 Å². The van der Waals surface area contributed by atoms with E-state index in [1.54, 1.807) is 18.3 Å². The molecule has 0 saturated heterocycles. The Kier molecular flexibility index (Phi) is 6.14. The van der Waals surface area contributed by atoms with Crippen LogP contribution >= 0.6 is 0 Å². The Labute approximate surface area is 142 Å². The van der Waals surface area contributed by atoms with Crippen molar-refractivity contribution >= 4 is 15.7 Å². The standard InChI is InChI=1S/C17H23N3O3S/c1-3-16-18-10-12-20(16)11-4-9-19-17(21)13-14-5-7-15(8-6-14)24(2,22)23/h5-8,10,12H,3-4,9,11,13H2,1-2H3,(H,19,21). The number of sulfone groups is 1. The first-order valence-electron chi connectivity index (χ1n) is 7.96. The molecule has 0 radical (unpaired) electrons. The van der Waals surface area contributed by atoms with Crippen molar-refractivity contribution < 1.29 is 13.2 Å². The van der Waals surface area contributed by atoms with Crippen molar-refractivity contribution in [2.24, 2.45) is 0 Å². The van der Waals surface area contributed by atoms with Gasteiger partial charge >= 0.3 is 0 Å². The Balaban J connectivity index is 1.75. The fourth-order valence-corrected chi connectivity index (χ4v) is 3.07. The second-order valence-corrected chi connectivity index (χ2v) is 7.70. The fourth-order valence-electron chi connectivity index (χ4n) is 2.44. The minimum absolute atomic E-state index is 0.0662. The number of carbonyl (C=O) groups is 1. The lowest BCUT2D eigenvalue weighted by molar-refractivity contribution is -0.120. The van der Waals surface area contributed by atoms with Crippen LogP contribution in [-0.4, -0.2) is 36.7 Å². The maximum atomic E-state index is 11.9. The number of benzene rings is 1. The Morgan fingerprint density at radius 2 is 1.96 bits per heavy atom. The number of aryl methyl sites for hydroxylation is 2. The van der Waals surface area contributed by atoms with E-state index in [0.717, 1.165) is 30.8 Å². The minimum Gasteiger partial charge on any atom is -0.356 e. The van der Waals surface area contributed by atoms with E-state index >= 15 is 0 Å². The molecule has 0 aliphatic heterocycles. The third kappa shape index (κ3) is 5.19. The molecule has 0 atom stereocenters. The summed E-state index contributed by atoms with van der Waals surface area (Å²) in [4.78, 5) is 16.5. The van der Waals surface area contributed by atoms with Gasteiger partial charge in [-0.25, -0.2) is 13.4 Å². The first-order chi connectivity index (χ1) is 11.4. The monoisotopic (exact) mass is 349 g/mol. The third-order valence-electron chi connectivity index (χ3n) is 3.73. The summed E-state index contributed by atoms with van der Waals surface area (Å²) in [6.07, 6.45) is 6.88. The molecule has 1 aromatic heterocycles. The van der Waals surface area contributed by atoms with Crippen LogP contribution in [0.2, 0.25) is 0 Å². The lowest BCUT2D eigenvalue weighted by Crippen LogP contribution is -2.26. The zero-order valence-electron chi connectivity index (χ0n) is 14.0. The summed E-state index contributed by atoms with van der Waals surface area (Å²) in [5.74, 6) is 0.982. The zero-order valence-corrected chi connectivity index (χ0v) is 14.8. The van der Waals surface area contributed by atoms with Crippen LogP contribution < -0.4 is 5.32 Å². The molecule has 0 unspecified atom stereocenters. The molecule has 0 spiro atoms. The van der Waals surface area contributed by atoms with Crippen molar-refractivity contribution in [3.8, 4) is 0 Å². The number of hydrogen-bond acceptors (Lipinski definition) is 4. The Morgan fingerprint density at radius 1 is 1.25 bits per heavy atom. The van der Waals surface area contributed by atoms with E-state index in [1.807, 2.05) is 6.20 Å². The van der Waals surface area contributed by atoms with Gasteiger partial charge in [-0.15, -0.1) is 0 Å². The second kappa shape index (κ2) is 8.10. The topological polar surface area (TPSA) is 81.1 Å². The SMILES string of the molecule is CCc1nccn1CCCNC(=O)Cc1ccc(S(C)(=O)=O)cc1. The minimum atomic E-state index is -3.20. The van der Waals surface area contributed by atoms with Crippen molar-refractivity contribution in [2.45, 2.75) is 37.6 Å². The van der Waals surface area contributed by atoms with E-state index < -0.39 is 9.84 Å². The first-order valence-corrected chi connectivity index (χ1v) is 9.85. The second-order valence-electron chi connectivity index (χ2n) is 5.69. The van der Waals surface area contributed by atoms with Gasteiger partial charge in [0.2, 0.25) is 5.91 Å². The molecular formula is C17H23N3O3S. The van der Waals surface area contributed by atoms with Gasteiger partial charge in [-0.3, -0.25) is 4.79 Å². The number of carbonyl (C=O) groups excluding carboxylic acids is 1. The molecule has 7 heteroatoms. The van der Waals surface area contributed by atoms with Crippen LogP contribution in [0, 0.1) is 0 Å². The van der Waals surface area contributed by atoms with Gasteiger partial charge in [0, 0.05) is 38.2 Å². The molecule has 1 aromatic carbocycles. The highest BCUT2D eigenvalue weighted by Crippen LogP contribution is 2.10. The fraction of sp³-hybridized carbons (Fsp3) is 0.412. The van der Waals surface area contributed by atoms with Crippen molar-refractivity contribution in [2.75, 3.05) is 12.8 Å². The summed E-state index contributed by atoms with van der Waals surface area (Å²) in [7, 11) is -3.20. The van der Waals surface area contributed by atoms with Crippen molar-refractivity contribution in [1.82, 2.24) is 14.9 Å². The number of nitrogens with zero attached hydrogens (tertiary/aromatic N) is 2. The molecule has 1 heterocycles. The molecule has 0 aliphatic rings. The lowest BCUT2D eigenvalue weighted by atomic mass is 10.1. The molecule has 1 amide bonds. The van der Waals surface area contributed by atoms with Crippen LogP contribution in [0.1, 0.15) is 24.7 Å². The molecule has 130 valence electrons. The maximum Gasteiger partial charge on any atom is 0.224 e. The smallest absolute Gasteiger partial charge is 0.224 e. The highest BCUT2D eigenvalue weighted by molar-refractivity contribution is 7.90. The van der Waals surface area contributed by atoms with Gasteiger partial charge in [-0.05, 0) is 24.1 Å². The molecule has 0 bridgehead atoms. The van der Waals surface area contributed by atoms with E-state index in [2.05, 4.69) is 21.8 Å². The molecule has 0 saturated carbocycles. The average Bonchev–Trinajstić information content (AvgIpc) is 2.98. The van der Waals surface area contributed by atoms with E-state index in [-0.39, 0.29) is 17.2 Å². The van der Waals surface area contributed by atoms with E-state index in [0.29, 0.717) is 6.54 Å². The Bertz CT molecular complexity index is 780. The largest absolute Gasteiger partial charge is 0.356 e. The van der Waals surface area contributed by atoms with Gasteiger partial charge in [0.1, 0.15) is 5.82 Å². The van der Waals surface area contributed by atoms with E-state index in [4.69, 9.17) is 0 Å². The molecular weight excluding hydrogens is 326 g/mol. The summed E-state index contributed by atoms with van der Waals surface area (Å²) in [5.41, 5.74) is 0.794. The number of aromatic nitrogens is 2. The number of amides is 1. The number of rotatable bonds is 8. The van der Waals surface area contributed by atoms with Gasteiger partial charge in [0.15, 0.2) is 9.84 Å². The van der Waals surface area contributed by atoms with Crippen LogP contribution in [0.5, 0.6) is 0 Å². The maximum absolute atomic E-state index is 11.9. The first kappa shape index (κ1) is 18.2. The predicted octanol–water partition coefficient (Wildman–Crippen LogP) is 1.60. The summed E-state index contributed by atoms with van der Waals surface area (Å²) in [6.45, 7) is 3.49. The average molecular weight is 349 g/mol. The number of nitrogens with one attached hydrogen (secondary N) is 1. The summed E-state index contributed by atoms with van der Waals surface area (Å²) in [5, 5.41) is 2.88. The summed E-state index contributed by atoms with van der Waals surface area (Å²) >= 11 is 0. The molecule has 24 heavy (non-hydrogen) atoms. The summed E-state index contributed by atoms with van der Waals surface area (Å²) < 4.78 is 24.9. The van der Waals surface area contributed by atoms with Gasteiger partial charge in [0.05, 0.1) is 11.3 Å². The van der Waals surface area contributed by atoms with Gasteiger partial charge in [0.25, 0.3) is 0 Å². The Hall–Kier alpha value is -2.15. The quantitative estimate of drug-likeness (QED) is 0.734. The van der Waals surface area contributed by atoms with Crippen molar-refractivity contribution in [1.29, 1.82) is 0 Å². The van der Waals surface area contributed by atoms with Gasteiger partial charge in [-0.2, -0.15) is 0 Å². The van der Waals surface area contributed by atoms with E-state index in [9.17, 15) is 13.2 Å². The summed E-state index contributed by atoms with van der Waals surface area (Å²) in [6, 6.07) is 6.41. The molecule has 1 N–H and O–H groups in total. The number of imidazole rings is 1. The molecule has 0 fully saturated rings. The van der Waals surface area contributed by atoms with Crippen LogP contribution in [-0.2, 0) is 34.0 Å². The molecule has 6 nitrogen and oxygen atoms in total. The van der Waals surface area contributed by atoms with Gasteiger partial charge in [-0.1, -0.05) is 19.1 Å². The lowest BCUT2D eigenvalue weighted by Gasteiger charge is -2.08. The third-order valence-corrected chi connectivity index (χ3v) is 4.86. The van der Waals surface area contributed by atoms with E-state index in [1.165, 1.54) is 18.4 Å². The van der Waals surface area contributed by atoms with Crippen LogP contribution in [0.4, 0.5) is 0 Å².